The Balaban J connectivity index is 1.60. The normalized spacial score (nSPS) is 10.5. The maximum Gasteiger partial charge on any atom is 0.313 e. The summed E-state index contributed by atoms with van der Waals surface area (Å²) in [5.41, 5.74) is 6.95. The number of hydrogen-bond donors (Lipinski definition) is 3. The molecule has 0 saturated carbocycles. The van der Waals surface area contributed by atoms with Crippen molar-refractivity contribution in [3.8, 4) is 0 Å². The zero-order chi connectivity index (χ0) is 19.2. The van der Waals surface area contributed by atoms with Gasteiger partial charge < -0.3 is 20.8 Å². The van der Waals surface area contributed by atoms with Crippen LogP contribution < -0.4 is 16.4 Å². The Morgan fingerprint density at radius 2 is 1.63 bits per heavy atom. The number of anilines is 1. The van der Waals surface area contributed by atoms with Crippen LogP contribution in [0.5, 0.6) is 0 Å². The van der Waals surface area contributed by atoms with Gasteiger partial charge in [-0.1, -0.05) is 42.5 Å². The number of furan rings is 1. The summed E-state index contributed by atoms with van der Waals surface area (Å²) in [6, 6.07) is 16.6. The third kappa shape index (κ3) is 4.33. The van der Waals surface area contributed by atoms with Crippen molar-refractivity contribution < 1.29 is 18.8 Å². The van der Waals surface area contributed by atoms with Gasteiger partial charge in [0, 0.05) is 11.9 Å². The lowest BCUT2D eigenvalue weighted by Gasteiger charge is -2.06. The van der Waals surface area contributed by atoms with Crippen LogP contribution in [0.3, 0.4) is 0 Å². The van der Waals surface area contributed by atoms with E-state index in [1.54, 1.807) is 24.3 Å². The summed E-state index contributed by atoms with van der Waals surface area (Å²) in [5.74, 6) is -2.70. The van der Waals surface area contributed by atoms with E-state index in [0.717, 1.165) is 12.0 Å². The smallest absolute Gasteiger partial charge is 0.313 e. The predicted octanol–water partition coefficient (Wildman–Crippen LogP) is 2.22. The average Bonchev–Trinajstić information content (AvgIpc) is 3.05. The Labute approximate surface area is 155 Å². The summed E-state index contributed by atoms with van der Waals surface area (Å²) in [7, 11) is 0. The first-order chi connectivity index (χ1) is 13.1. The fourth-order valence-electron chi connectivity index (χ4n) is 2.73. The summed E-state index contributed by atoms with van der Waals surface area (Å²) in [6.07, 6.45) is 1.49. The molecule has 1 aromatic heterocycles. The van der Waals surface area contributed by atoms with Gasteiger partial charge in [0.1, 0.15) is 11.3 Å². The number of carbonyl (C=O) groups is 3. The molecular weight excluding hydrogens is 346 g/mol. The first-order valence-electron chi connectivity index (χ1n) is 8.50. The molecule has 3 amide bonds. The SMILES string of the molecule is NC(=O)c1oc2ccccc2c1NC(=O)C(=O)NCCCc1ccccc1. The van der Waals surface area contributed by atoms with Crippen LogP contribution in [-0.4, -0.2) is 24.3 Å². The van der Waals surface area contributed by atoms with Crippen LogP contribution in [0.4, 0.5) is 5.69 Å². The molecule has 27 heavy (non-hydrogen) atoms. The van der Waals surface area contributed by atoms with Crippen molar-refractivity contribution in [2.75, 3.05) is 11.9 Å². The number of fused-ring (bicyclic) bond motifs is 1. The van der Waals surface area contributed by atoms with Crippen LogP contribution in [0.2, 0.25) is 0 Å². The number of aryl methyl sites for hydroxylation is 1. The van der Waals surface area contributed by atoms with Crippen molar-refractivity contribution in [2.24, 2.45) is 5.73 Å². The molecule has 0 aliphatic rings. The Kier molecular flexibility index (Phi) is 5.51. The molecule has 2 aromatic carbocycles. The van der Waals surface area contributed by atoms with Gasteiger partial charge in [0.15, 0.2) is 0 Å². The quantitative estimate of drug-likeness (QED) is 0.459. The van der Waals surface area contributed by atoms with E-state index in [9.17, 15) is 14.4 Å². The molecular formula is C20H19N3O4. The number of benzene rings is 2. The van der Waals surface area contributed by atoms with E-state index >= 15 is 0 Å². The molecule has 0 radical (unpaired) electrons. The van der Waals surface area contributed by atoms with Crippen molar-refractivity contribution >= 4 is 34.4 Å². The van der Waals surface area contributed by atoms with Gasteiger partial charge in [-0.3, -0.25) is 14.4 Å². The van der Waals surface area contributed by atoms with Gasteiger partial charge in [-0.25, -0.2) is 0 Å². The standard InChI is InChI=1S/C20H19N3O4/c21-18(24)17-16(14-10-4-5-11-15(14)27-17)23-20(26)19(25)22-12-6-9-13-7-2-1-3-8-13/h1-5,7-8,10-11H,6,9,12H2,(H2,21,24)(H,22,25)(H,23,26). The van der Waals surface area contributed by atoms with Gasteiger partial charge in [-0.2, -0.15) is 0 Å². The lowest BCUT2D eigenvalue weighted by atomic mass is 10.1. The molecule has 0 unspecified atom stereocenters. The van der Waals surface area contributed by atoms with E-state index in [1.807, 2.05) is 30.3 Å². The number of amides is 3. The summed E-state index contributed by atoms with van der Waals surface area (Å²) < 4.78 is 5.37. The van der Waals surface area contributed by atoms with Crippen LogP contribution in [-0.2, 0) is 16.0 Å². The maximum atomic E-state index is 12.2. The lowest BCUT2D eigenvalue weighted by molar-refractivity contribution is -0.136. The van der Waals surface area contributed by atoms with E-state index in [1.165, 1.54) is 0 Å². The van der Waals surface area contributed by atoms with Crippen LogP contribution >= 0.6 is 0 Å². The molecule has 3 aromatic rings. The molecule has 7 nitrogen and oxygen atoms in total. The summed E-state index contributed by atoms with van der Waals surface area (Å²) >= 11 is 0. The Morgan fingerprint density at radius 1 is 0.926 bits per heavy atom. The third-order valence-electron chi connectivity index (χ3n) is 4.03. The number of carbonyl (C=O) groups excluding carboxylic acids is 3. The fourth-order valence-corrected chi connectivity index (χ4v) is 2.73. The van der Waals surface area contributed by atoms with Gasteiger partial charge in [-0.15, -0.1) is 0 Å². The maximum absolute atomic E-state index is 12.2. The molecule has 0 fully saturated rings. The highest BCUT2D eigenvalue weighted by atomic mass is 16.3. The molecule has 0 spiro atoms. The summed E-state index contributed by atoms with van der Waals surface area (Å²) in [5, 5.41) is 5.49. The lowest BCUT2D eigenvalue weighted by Crippen LogP contribution is -2.36. The first kappa shape index (κ1) is 18.2. The van der Waals surface area contributed by atoms with E-state index in [2.05, 4.69) is 10.6 Å². The Hall–Kier alpha value is -3.61. The Morgan fingerprint density at radius 3 is 2.37 bits per heavy atom. The molecule has 0 aliphatic heterocycles. The summed E-state index contributed by atoms with van der Waals surface area (Å²) in [6.45, 7) is 0.357. The van der Waals surface area contributed by atoms with E-state index in [-0.39, 0.29) is 11.4 Å². The molecule has 0 saturated heterocycles. The molecule has 0 aliphatic carbocycles. The second-order valence-corrected chi connectivity index (χ2v) is 5.97. The highest BCUT2D eigenvalue weighted by Crippen LogP contribution is 2.30. The number of para-hydroxylation sites is 1. The fraction of sp³-hybridized carbons (Fsp3) is 0.150. The van der Waals surface area contributed by atoms with Crippen molar-refractivity contribution in [2.45, 2.75) is 12.8 Å². The van der Waals surface area contributed by atoms with Gasteiger partial charge in [-0.05, 0) is 30.5 Å². The van der Waals surface area contributed by atoms with Crippen LogP contribution in [0, 0.1) is 0 Å². The number of primary amides is 1. The molecule has 138 valence electrons. The van der Waals surface area contributed by atoms with Crippen molar-refractivity contribution in [3.63, 3.8) is 0 Å². The Bertz CT molecular complexity index is 979. The van der Waals surface area contributed by atoms with E-state index in [4.69, 9.17) is 10.2 Å². The molecule has 7 heteroatoms. The summed E-state index contributed by atoms with van der Waals surface area (Å²) in [4.78, 5) is 35.8. The van der Waals surface area contributed by atoms with Crippen molar-refractivity contribution in [3.05, 3.63) is 65.9 Å². The largest absolute Gasteiger partial charge is 0.449 e. The van der Waals surface area contributed by atoms with E-state index in [0.29, 0.717) is 23.9 Å². The topological polar surface area (TPSA) is 114 Å². The highest BCUT2D eigenvalue weighted by Gasteiger charge is 2.22. The van der Waals surface area contributed by atoms with Gasteiger partial charge in [0.25, 0.3) is 5.91 Å². The zero-order valence-corrected chi connectivity index (χ0v) is 14.5. The van der Waals surface area contributed by atoms with Crippen LogP contribution in [0.15, 0.2) is 59.0 Å². The second-order valence-electron chi connectivity index (χ2n) is 5.97. The number of nitrogens with one attached hydrogen (secondary N) is 2. The monoisotopic (exact) mass is 365 g/mol. The third-order valence-corrected chi connectivity index (χ3v) is 4.03. The van der Waals surface area contributed by atoms with Gasteiger partial charge in [0.2, 0.25) is 5.76 Å². The molecule has 0 bridgehead atoms. The molecule has 1 heterocycles. The zero-order valence-electron chi connectivity index (χ0n) is 14.5. The molecule has 3 rings (SSSR count). The van der Waals surface area contributed by atoms with Crippen LogP contribution in [0.1, 0.15) is 22.5 Å². The second kappa shape index (κ2) is 8.18. The minimum absolute atomic E-state index is 0.0996. The molecule has 4 N–H and O–H groups in total. The number of rotatable bonds is 6. The van der Waals surface area contributed by atoms with Gasteiger partial charge in [0.05, 0.1) is 0 Å². The minimum atomic E-state index is -0.885. The number of nitrogens with two attached hydrogens (primary N) is 1. The highest BCUT2D eigenvalue weighted by molar-refractivity contribution is 6.40. The average molecular weight is 365 g/mol. The van der Waals surface area contributed by atoms with Crippen molar-refractivity contribution in [1.82, 2.24) is 5.32 Å². The minimum Gasteiger partial charge on any atom is -0.449 e. The van der Waals surface area contributed by atoms with E-state index < -0.39 is 17.7 Å². The van der Waals surface area contributed by atoms with Crippen LogP contribution in [0.25, 0.3) is 11.0 Å². The predicted molar refractivity (Wildman–Crippen MR) is 101 cm³/mol. The van der Waals surface area contributed by atoms with Crippen molar-refractivity contribution in [1.29, 1.82) is 0 Å². The van der Waals surface area contributed by atoms with Gasteiger partial charge >= 0.3 is 11.8 Å². The molecule has 0 atom stereocenters. The number of hydrogen-bond acceptors (Lipinski definition) is 4. The first-order valence-corrected chi connectivity index (χ1v) is 8.50.